The zero-order valence-electron chi connectivity index (χ0n) is 68.0. The first-order valence-corrected chi connectivity index (χ1v) is 42.8. The van der Waals surface area contributed by atoms with Gasteiger partial charge in [-0.1, -0.05) is 314 Å². The number of nitrogens with zero attached hydrogens (tertiary/aromatic N) is 6. The van der Waals surface area contributed by atoms with Crippen molar-refractivity contribution in [2.75, 3.05) is 14.7 Å². The van der Waals surface area contributed by atoms with Crippen molar-refractivity contribution in [2.45, 2.75) is 0 Å². The van der Waals surface area contributed by atoms with Crippen LogP contribution in [-0.2, 0) is 0 Å². The van der Waals surface area contributed by atoms with Crippen molar-refractivity contribution in [1.82, 2.24) is 15.0 Å². The Bertz CT molecular complexity index is 8350. The number of hydrogen-bond acceptors (Lipinski definition) is 13. The average Bonchev–Trinajstić information content (AvgIpc) is 1.56. The molecule has 0 atom stereocenters. The molecule has 13 nitrogen and oxygen atoms in total. The lowest BCUT2D eigenvalue weighted by atomic mass is 9.39. The Morgan fingerprint density at radius 3 is 0.740 bits per heavy atom. The van der Waals surface area contributed by atoms with Crippen LogP contribution < -0.4 is 65.0 Å². The molecule has 0 fully saturated rings. The van der Waals surface area contributed by atoms with Gasteiger partial charge in [-0.15, -0.1) is 0 Å². The molecule has 3 aliphatic rings. The number of para-hydroxylation sites is 7. The van der Waals surface area contributed by atoms with Gasteiger partial charge in [0.1, 0.15) is 78.6 Å². The lowest BCUT2D eigenvalue weighted by molar-refractivity contribution is 0.635. The van der Waals surface area contributed by atoms with Gasteiger partial charge in [-0.25, -0.2) is 4.98 Å². The fourth-order valence-corrected chi connectivity index (χ4v) is 19.9. The summed E-state index contributed by atoms with van der Waals surface area (Å²) in [4.78, 5) is 22.0. The molecule has 592 valence electrons. The van der Waals surface area contributed by atoms with Gasteiger partial charge in [0.25, 0.3) is 0 Å². The highest BCUT2D eigenvalue weighted by Crippen LogP contribution is 2.51. The number of anilines is 9. The zero-order valence-corrected chi connectivity index (χ0v) is 68.0. The van der Waals surface area contributed by atoms with Crippen molar-refractivity contribution >= 4 is 242 Å². The topological polar surface area (TPSA) is 140 Å². The fourth-order valence-electron chi connectivity index (χ4n) is 19.9. The van der Waals surface area contributed by atoms with Crippen molar-refractivity contribution in [3.8, 4) is 22.8 Å². The Labute approximate surface area is 727 Å². The molecule has 0 saturated heterocycles. The molecular weight excluding hydrogens is 1560 g/mol. The third-order valence-electron chi connectivity index (χ3n) is 25.4. The van der Waals surface area contributed by atoms with Crippen LogP contribution in [0.25, 0.3) is 143 Å². The molecule has 0 saturated carbocycles. The summed E-state index contributed by atoms with van der Waals surface area (Å²) in [6.45, 7) is -0.620. The van der Waals surface area contributed by atoms with Crippen LogP contribution in [0.2, 0.25) is 0 Å². The van der Waals surface area contributed by atoms with Crippen LogP contribution in [0.1, 0.15) is 0 Å². The molecule has 0 spiro atoms. The number of fused-ring (bicyclic) bond motifs is 27. The summed E-state index contributed by atoms with van der Waals surface area (Å²) < 4.78 is 46.6. The number of aromatic nitrogens is 3. The highest BCUT2D eigenvalue weighted by molar-refractivity contribution is 6.98. The first kappa shape index (κ1) is 71.9. The molecule has 0 unspecified atom stereocenters. The predicted octanol–water partition coefficient (Wildman–Crippen LogP) is 23.3. The first-order valence-electron chi connectivity index (χ1n) is 42.8. The molecule has 17 aromatic carbocycles. The van der Waals surface area contributed by atoms with Crippen molar-refractivity contribution in [2.24, 2.45) is 0 Å². The monoisotopic (exact) mass is 1630 g/mol. The van der Waals surface area contributed by atoms with E-state index in [1.807, 2.05) is 164 Å². The quantitative estimate of drug-likeness (QED) is 0.105. The van der Waals surface area contributed by atoms with Crippen molar-refractivity contribution in [3.63, 3.8) is 0 Å². The van der Waals surface area contributed by atoms with E-state index in [0.29, 0.717) is 17.6 Å². The number of rotatable bonds is 8. The number of benzene rings is 17. The summed E-state index contributed by atoms with van der Waals surface area (Å²) in [5, 5.41) is 16.0. The van der Waals surface area contributed by atoms with Crippen LogP contribution in [0.5, 0.6) is 0 Å². The van der Waals surface area contributed by atoms with Crippen LogP contribution in [0.3, 0.4) is 0 Å². The van der Waals surface area contributed by atoms with Crippen molar-refractivity contribution in [3.05, 3.63) is 406 Å². The van der Waals surface area contributed by atoms with Crippen molar-refractivity contribution < 1.29 is 30.9 Å². The van der Waals surface area contributed by atoms with Gasteiger partial charge in [0.2, 0.25) is 5.95 Å². The van der Waals surface area contributed by atoms with E-state index in [4.69, 9.17) is 45.9 Å². The molecular formula is C111H67B3N6O7. The molecule has 0 bridgehead atoms. The molecule has 28 rings (SSSR count). The molecule has 0 radical (unpaired) electrons. The lowest BCUT2D eigenvalue weighted by Crippen LogP contribution is -2.56. The number of furan rings is 7. The lowest BCUT2D eigenvalue weighted by Gasteiger charge is -2.31. The molecule has 11 heterocycles. The van der Waals surface area contributed by atoms with Crippen LogP contribution >= 0.6 is 0 Å². The summed E-state index contributed by atoms with van der Waals surface area (Å²) in [5.41, 5.74) is 25.1. The van der Waals surface area contributed by atoms with E-state index in [1.165, 1.54) is 32.3 Å². The molecule has 0 N–H and O–H groups in total. The van der Waals surface area contributed by atoms with E-state index >= 15 is 0 Å². The van der Waals surface area contributed by atoms with E-state index in [9.17, 15) is 0 Å². The summed E-state index contributed by atoms with van der Waals surface area (Å²) in [6.07, 6.45) is 0. The van der Waals surface area contributed by atoms with Gasteiger partial charge in [-0.2, -0.15) is 9.97 Å². The Hall–Kier alpha value is -16.8. The van der Waals surface area contributed by atoms with E-state index in [2.05, 4.69) is 257 Å². The summed E-state index contributed by atoms with van der Waals surface area (Å²) in [7, 11) is 0. The maximum atomic E-state index is 6.78. The molecule has 16 heteroatoms. The van der Waals surface area contributed by atoms with Crippen LogP contribution in [-0.4, -0.2) is 35.1 Å². The predicted molar refractivity (Wildman–Crippen MR) is 519 cm³/mol. The van der Waals surface area contributed by atoms with E-state index in [0.717, 1.165) is 195 Å². The Kier molecular flexibility index (Phi) is 16.4. The summed E-state index contributed by atoms with van der Waals surface area (Å²) in [6, 6.07) is 140. The minimum absolute atomic E-state index is 0.178. The van der Waals surface area contributed by atoms with Crippen LogP contribution in [0, 0.1) is 0 Å². The van der Waals surface area contributed by atoms with E-state index in [-0.39, 0.29) is 20.1 Å². The zero-order chi connectivity index (χ0) is 83.3. The Morgan fingerprint density at radius 1 is 0.173 bits per heavy atom. The first-order chi connectivity index (χ1) is 63.0. The Balaban J connectivity index is 0.000000101. The second-order valence-corrected chi connectivity index (χ2v) is 32.5. The average molecular weight is 1630 g/mol. The smallest absolute Gasteiger partial charge is 0.338 e. The molecule has 3 aliphatic heterocycles. The van der Waals surface area contributed by atoms with E-state index < -0.39 is 0 Å². The summed E-state index contributed by atoms with van der Waals surface area (Å²) in [5.74, 6) is 1.66. The Morgan fingerprint density at radius 2 is 0.409 bits per heavy atom. The van der Waals surface area contributed by atoms with Gasteiger partial charge in [0, 0.05) is 66.0 Å². The third-order valence-corrected chi connectivity index (χ3v) is 25.4. The molecule has 0 aliphatic carbocycles. The normalized spacial score (nSPS) is 12.8. The maximum absolute atomic E-state index is 6.78. The molecule has 127 heavy (non-hydrogen) atoms. The van der Waals surface area contributed by atoms with Gasteiger partial charge < -0.3 is 40.7 Å². The highest BCUT2D eigenvalue weighted by atomic mass is 16.4. The fraction of sp³-hybridized carbons (Fsp3) is 0. The second kappa shape index (κ2) is 28.9. The SMILES string of the molecule is c1ccc(B2c3oc4ccccc4c3N(c3ccc4c(c3)oc3ccccc34)c3c2oc2ccccc32)cc1.c1ccc(B2c3oc4ccccc4c3N(c3ccc4c5ccccc5c5ccccc5c4c3)c3c2oc2ccccc32)cc1.c1ccc(B2c3oc4ccccc4c3N(c3nc(-c4ccccc4)nc(-c4ccccc4)n3)c3c2oc2ccccc32)cc1. The van der Waals surface area contributed by atoms with Crippen LogP contribution in [0.15, 0.2) is 437 Å². The highest BCUT2D eigenvalue weighted by Gasteiger charge is 2.48. The molecule has 25 aromatic rings. The van der Waals surface area contributed by atoms with Gasteiger partial charge in [-0.05, 0) is 135 Å². The van der Waals surface area contributed by atoms with Crippen molar-refractivity contribution in [1.29, 1.82) is 0 Å². The van der Waals surface area contributed by atoms with Crippen LogP contribution in [0.4, 0.5) is 51.4 Å². The molecule has 8 aromatic heterocycles. The maximum Gasteiger partial charge on any atom is 0.338 e. The molecule has 0 amide bonds. The largest absolute Gasteiger partial charge is 0.468 e. The van der Waals surface area contributed by atoms with Gasteiger partial charge in [0.15, 0.2) is 11.6 Å². The van der Waals surface area contributed by atoms with Gasteiger partial charge in [-0.3, -0.25) is 4.90 Å². The standard InChI is InChI=1S/C40H24BNO2.C37H23BN4O2.C34H20BNO3/c1-2-12-25(13-3-1)41-39-37(32-18-8-10-20-35(32)43-39)42(38-33-19-9-11-21-36(33)44-40(38)41)26-22-23-31-29-16-5-4-14-27(29)28-15-6-7-17-30(28)34(31)24-26;1-4-14-24(15-5-1)35-39-36(25-16-6-2-7-17-25)41-37(40-35)42-31-27-20-10-12-22-29(27)43-33(31)38(26-18-8-3-9-19-26)34-32(42)28-21-11-13-23-30(28)44-34;1-2-10-21(11-3-1)35-33-31(25-13-5-8-16-28(25)38-33)36(32-26-14-6-9-17-29(26)39-34(32)35)22-18-19-24-23-12-4-7-15-27(23)37-30(24)20-22/h1-24H;1-23H;1-20H. The third kappa shape index (κ3) is 11.4. The van der Waals surface area contributed by atoms with Gasteiger partial charge in [0.05, 0.1) is 39.8 Å². The minimum Gasteiger partial charge on any atom is -0.468 e. The van der Waals surface area contributed by atoms with E-state index in [1.54, 1.807) is 0 Å². The minimum atomic E-state index is -0.263. The second-order valence-electron chi connectivity index (χ2n) is 32.5. The van der Waals surface area contributed by atoms with Gasteiger partial charge >= 0.3 is 20.1 Å². The summed E-state index contributed by atoms with van der Waals surface area (Å²) >= 11 is 0. The number of hydrogen-bond donors (Lipinski definition) is 0.